The van der Waals surface area contributed by atoms with Gasteiger partial charge in [-0.3, -0.25) is 9.69 Å². The van der Waals surface area contributed by atoms with E-state index in [0.717, 1.165) is 0 Å². The fraction of sp³-hybridized carbons (Fsp3) is 0.500. The van der Waals surface area contributed by atoms with Crippen LogP contribution in [0.1, 0.15) is 6.42 Å². The second-order valence-corrected chi connectivity index (χ2v) is 3.11. The van der Waals surface area contributed by atoms with E-state index in [9.17, 15) is 9.59 Å². The zero-order valence-electron chi connectivity index (χ0n) is 7.97. The summed E-state index contributed by atoms with van der Waals surface area (Å²) in [4.78, 5) is 23.1. The van der Waals surface area contributed by atoms with Crippen LogP contribution in [0, 0.1) is 0 Å². The average Bonchev–Trinajstić information content (AvgIpc) is 2.55. The minimum absolute atomic E-state index is 0.149. The Kier molecular flexibility index (Phi) is 5.24. The Bertz CT molecular complexity index is 332. The lowest BCUT2D eigenvalue weighted by Gasteiger charge is -2.33. The maximum Gasteiger partial charge on any atom is 0.334 e. The van der Waals surface area contributed by atoms with Crippen molar-refractivity contribution in [3.8, 4) is 0 Å². The lowest BCUT2D eigenvalue weighted by Crippen LogP contribution is -2.54. The first-order valence-electron chi connectivity index (χ1n) is 4.31. The molecular formula is C8H9I2NO5. The number of nitrogens with zero attached hydrogens (tertiary/aromatic N) is 1. The highest BCUT2D eigenvalue weighted by atomic mass is 128. The van der Waals surface area contributed by atoms with Crippen molar-refractivity contribution in [2.45, 2.75) is 18.7 Å². The monoisotopic (exact) mass is 453 g/mol. The summed E-state index contributed by atoms with van der Waals surface area (Å²) < 4.78 is 5.17. The molecule has 0 aromatic heterocycles. The van der Waals surface area contributed by atoms with Gasteiger partial charge in [-0.2, -0.15) is 0 Å². The number of halogens is 2. The standard InChI is InChI=1S/C8H9NO5.I2/c10-2-1-4-7(8(12)13)9-5(11)3-6(9)14-4;1-2/h1,6-7,10H,2-3H2,(H,12,13);/b4-1-;. The van der Waals surface area contributed by atoms with E-state index in [1.807, 2.05) is 0 Å². The van der Waals surface area contributed by atoms with Gasteiger partial charge in [0.25, 0.3) is 0 Å². The topological polar surface area (TPSA) is 87.1 Å². The number of hydrogen-bond acceptors (Lipinski definition) is 4. The van der Waals surface area contributed by atoms with Gasteiger partial charge < -0.3 is 14.9 Å². The molecule has 0 aromatic rings. The Balaban J connectivity index is 0.000000606. The fourth-order valence-electron chi connectivity index (χ4n) is 1.66. The van der Waals surface area contributed by atoms with Gasteiger partial charge in [-0.05, 0) is 6.08 Å². The number of aliphatic carboxylic acids is 1. The first-order valence-corrected chi connectivity index (χ1v) is 10.6. The smallest absolute Gasteiger partial charge is 0.334 e. The number of carbonyl (C=O) groups excluding carboxylic acids is 1. The van der Waals surface area contributed by atoms with Crippen molar-refractivity contribution in [2.24, 2.45) is 0 Å². The van der Waals surface area contributed by atoms with Crippen LogP contribution in [0.25, 0.3) is 0 Å². The summed E-state index contributed by atoms with van der Waals surface area (Å²) in [5.41, 5.74) is 0. The third-order valence-corrected chi connectivity index (χ3v) is 2.29. The van der Waals surface area contributed by atoms with Crippen molar-refractivity contribution in [2.75, 3.05) is 6.61 Å². The number of carbonyl (C=O) groups is 2. The first kappa shape index (κ1) is 14.0. The molecule has 0 aromatic carbocycles. The molecule has 2 rings (SSSR count). The van der Waals surface area contributed by atoms with Crippen LogP contribution in [0.3, 0.4) is 0 Å². The second-order valence-electron chi connectivity index (χ2n) is 3.11. The number of aliphatic hydroxyl groups excluding tert-OH is 1. The van der Waals surface area contributed by atoms with E-state index in [-0.39, 0.29) is 24.7 Å². The summed E-state index contributed by atoms with van der Waals surface area (Å²) >= 11 is 4.24. The van der Waals surface area contributed by atoms with Gasteiger partial charge in [0, 0.05) is 37.2 Å². The molecule has 8 heteroatoms. The maximum absolute atomic E-state index is 11.1. The van der Waals surface area contributed by atoms with Gasteiger partial charge in [0.05, 0.1) is 13.0 Å². The van der Waals surface area contributed by atoms with Gasteiger partial charge in [-0.15, -0.1) is 0 Å². The van der Waals surface area contributed by atoms with Crippen molar-refractivity contribution in [1.82, 2.24) is 4.90 Å². The first-order chi connectivity index (χ1) is 7.65. The van der Waals surface area contributed by atoms with Gasteiger partial charge in [-0.25, -0.2) is 4.79 Å². The summed E-state index contributed by atoms with van der Waals surface area (Å²) in [7, 11) is 0. The number of ether oxygens (including phenoxy) is 1. The predicted octanol–water partition coefficient (Wildman–Crippen LogP) is 0.676. The molecule has 2 fully saturated rings. The molecule has 0 saturated carbocycles. The van der Waals surface area contributed by atoms with Crippen LogP contribution >= 0.6 is 37.2 Å². The zero-order valence-corrected chi connectivity index (χ0v) is 12.3. The molecular weight excluding hydrogens is 444 g/mol. The highest BCUT2D eigenvalue weighted by Crippen LogP contribution is 2.36. The van der Waals surface area contributed by atoms with E-state index in [1.54, 1.807) is 0 Å². The Labute approximate surface area is 115 Å². The van der Waals surface area contributed by atoms with Crippen LogP contribution in [0.4, 0.5) is 0 Å². The molecule has 0 aliphatic carbocycles. The van der Waals surface area contributed by atoms with E-state index in [0.29, 0.717) is 0 Å². The maximum atomic E-state index is 11.1. The van der Waals surface area contributed by atoms with E-state index < -0.39 is 18.2 Å². The van der Waals surface area contributed by atoms with Crippen molar-refractivity contribution >= 4 is 49.1 Å². The SMILES string of the molecule is II.O=C(O)C1/C(=C/CO)OC2CC(=O)N21. The van der Waals surface area contributed by atoms with Crippen molar-refractivity contribution in [3.05, 3.63) is 11.8 Å². The third-order valence-electron chi connectivity index (χ3n) is 2.29. The summed E-state index contributed by atoms with van der Waals surface area (Å²) in [6, 6.07) is -1.06. The Morgan fingerprint density at radius 3 is 2.69 bits per heavy atom. The quantitative estimate of drug-likeness (QED) is 0.475. The van der Waals surface area contributed by atoms with Crippen LogP contribution in [0.2, 0.25) is 0 Å². The summed E-state index contributed by atoms with van der Waals surface area (Å²) in [5, 5.41) is 17.5. The summed E-state index contributed by atoms with van der Waals surface area (Å²) in [5.74, 6) is -1.22. The number of aliphatic hydroxyl groups is 1. The molecule has 90 valence electrons. The Morgan fingerprint density at radius 1 is 1.62 bits per heavy atom. The molecule has 2 aliphatic rings. The average molecular weight is 453 g/mol. The van der Waals surface area contributed by atoms with Crippen molar-refractivity contribution in [1.29, 1.82) is 0 Å². The van der Waals surface area contributed by atoms with Gasteiger partial charge in [0.15, 0.2) is 12.3 Å². The molecule has 6 nitrogen and oxygen atoms in total. The molecule has 16 heavy (non-hydrogen) atoms. The molecule has 2 saturated heterocycles. The van der Waals surface area contributed by atoms with Crippen LogP contribution in [-0.2, 0) is 14.3 Å². The molecule has 2 atom stereocenters. The van der Waals surface area contributed by atoms with Crippen LogP contribution in [0.5, 0.6) is 0 Å². The van der Waals surface area contributed by atoms with Crippen molar-refractivity contribution in [3.63, 3.8) is 0 Å². The molecule has 2 heterocycles. The Morgan fingerprint density at radius 2 is 2.25 bits per heavy atom. The van der Waals surface area contributed by atoms with E-state index in [2.05, 4.69) is 37.2 Å². The van der Waals surface area contributed by atoms with E-state index in [1.165, 1.54) is 11.0 Å². The van der Waals surface area contributed by atoms with Gasteiger partial charge in [-0.1, -0.05) is 0 Å². The molecule has 0 radical (unpaired) electrons. The fourth-order valence-corrected chi connectivity index (χ4v) is 1.66. The molecule has 2 N–H and O–H groups in total. The highest BCUT2D eigenvalue weighted by molar-refractivity contribution is 15.0. The second kappa shape index (κ2) is 6.00. The van der Waals surface area contributed by atoms with Gasteiger partial charge in [0.1, 0.15) is 5.76 Å². The van der Waals surface area contributed by atoms with Crippen LogP contribution < -0.4 is 0 Å². The minimum Gasteiger partial charge on any atom is -0.479 e. The lowest BCUT2D eigenvalue weighted by molar-refractivity contribution is -0.163. The van der Waals surface area contributed by atoms with Gasteiger partial charge >= 0.3 is 5.97 Å². The molecule has 0 spiro atoms. The number of hydrogen-bond donors (Lipinski definition) is 2. The number of rotatable bonds is 2. The normalized spacial score (nSPS) is 28.8. The van der Waals surface area contributed by atoms with Crippen LogP contribution in [0.15, 0.2) is 11.8 Å². The molecule has 1 amide bonds. The number of β-lactam (4-membered cyclic amide) rings is 1. The number of fused-ring (bicyclic) bond motifs is 1. The van der Waals surface area contributed by atoms with Crippen LogP contribution in [-0.4, -0.2) is 45.9 Å². The summed E-state index contributed by atoms with van der Waals surface area (Å²) in [6.07, 6.45) is 1.03. The number of amides is 1. The molecule has 2 unspecified atom stereocenters. The zero-order chi connectivity index (χ0) is 12.3. The molecule has 0 bridgehead atoms. The van der Waals surface area contributed by atoms with E-state index in [4.69, 9.17) is 14.9 Å². The predicted molar refractivity (Wildman–Crippen MR) is 71.0 cm³/mol. The van der Waals surface area contributed by atoms with E-state index >= 15 is 0 Å². The minimum atomic E-state index is -1.14. The van der Waals surface area contributed by atoms with Crippen molar-refractivity contribution < 1.29 is 24.5 Å². The third kappa shape index (κ3) is 2.42. The highest BCUT2D eigenvalue weighted by Gasteiger charge is 2.53. The van der Waals surface area contributed by atoms with Gasteiger partial charge in [0.2, 0.25) is 5.91 Å². The molecule has 2 aliphatic heterocycles. The number of carboxylic acid groups (broad SMARTS) is 1. The Hall–Kier alpha value is -0.100. The lowest BCUT2D eigenvalue weighted by atomic mass is 10.1. The number of carboxylic acids is 1. The largest absolute Gasteiger partial charge is 0.479 e. The summed E-state index contributed by atoms with van der Waals surface area (Å²) in [6.45, 7) is -0.298.